The number of thiazole rings is 1. The number of piperidine rings is 1. The Labute approximate surface area is 181 Å². The zero-order chi connectivity index (χ0) is 20.8. The van der Waals surface area contributed by atoms with Crippen LogP contribution in [0.5, 0.6) is 0 Å². The van der Waals surface area contributed by atoms with Gasteiger partial charge >= 0.3 is 0 Å². The third-order valence-electron chi connectivity index (χ3n) is 4.97. The van der Waals surface area contributed by atoms with Crippen LogP contribution in [0.2, 0.25) is 0 Å². The predicted octanol–water partition coefficient (Wildman–Crippen LogP) is 3.51. The first kappa shape index (κ1) is 21.8. The summed E-state index contributed by atoms with van der Waals surface area (Å²) >= 11 is 3.40. The molecular weight excluding hydrogens is 402 g/mol. The molecule has 1 aliphatic rings. The number of aryl methyl sites for hydroxylation is 1. The highest BCUT2D eigenvalue weighted by atomic mass is 32.2. The predicted molar refractivity (Wildman–Crippen MR) is 124 cm³/mol. The van der Waals surface area contributed by atoms with Gasteiger partial charge in [0.2, 0.25) is 0 Å². The van der Waals surface area contributed by atoms with E-state index in [-0.39, 0.29) is 0 Å². The number of pyridine rings is 1. The minimum absolute atomic E-state index is 0.414. The molecule has 2 aromatic heterocycles. The zero-order valence-corrected chi connectivity index (χ0v) is 19.2. The number of likely N-dealkylation sites (N-methyl/N-ethyl adjacent to an activating group) is 1. The van der Waals surface area contributed by atoms with Gasteiger partial charge in [-0.1, -0.05) is 23.3 Å². The van der Waals surface area contributed by atoms with Gasteiger partial charge in [0.1, 0.15) is 11.9 Å². The van der Waals surface area contributed by atoms with E-state index < -0.39 is 0 Å². The van der Waals surface area contributed by atoms with Gasteiger partial charge in [-0.15, -0.1) is 0 Å². The molecule has 1 aliphatic heterocycles. The first-order valence-corrected chi connectivity index (χ1v) is 11.8. The molecule has 1 fully saturated rings. The first-order valence-electron chi connectivity index (χ1n) is 9.82. The van der Waals surface area contributed by atoms with E-state index in [0.29, 0.717) is 11.6 Å². The molecule has 1 saturated heterocycles. The summed E-state index contributed by atoms with van der Waals surface area (Å²) in [7, 11) is 4.10. The van der Waals surface area contributed by atoms with Crippen molar-refractivity contribution >= 4 is 34.2 Å². The summed E-state index contributed by atoms with van der Waals surface area (Å²) in [5, 5.41) is 17.4. The molecular formula is C20H29N7S2. The molecule has 7 nitrogen and oxygen atoms in total. The molecule has 0 radical (unpaired) electrons. The Balaban J connectivity index is 1.76. The molecule has 0 saturated carbocycles. The lowest BCUT2D eigenvalue weighted by Gasteiger charge is -2.30. The van der Waals surface area contributed by atoms with Crippen molar-refractivity contribution in [2.24, 2.45) is 0 Å². The van der Waals surface area contributed by atoms with E-state index in [1.54, 1.807) is 17.5 Å². The maximum Gasteiger partial charge on any atom is 0.183 e. The molecule has 0 unspecified atom stereocenters. The second-order valence-electron chi connectivity index (χ2n) is 7.42. The smallest absolute Gasteiger partial charge is 0.183 e. The zero-order valence-electron chi connectivity index (χ0n) is 17.5. The summed E-state index contributed by atoms with van der Waals surface area (Å²) in [4.78, 5) is 12.3. The molecule has 2 aromatic rings. The summed E-state index contributed by atoms with van der Waals surface area (Å²) in [6, 6.07) is 4.70. The average Bonchev–Trinajstić information content (AvgIpc) is 3.08. The quantitative estimate of drug-likeness (QED) is 0.615. The molecule has 156 valence electrons. The number of nitrogens with one attached hydrogen (secondary N) is 2. The lowest BCUT2D eigenvalue weighted by Crippen LogP contribution is -2.35. The van der Waals surface area contributed by atoms with Crippen LogP contribution >= 0.6 is 23.3 Å². The SMILES string of the molecule is CSN1CCC(Nc2cc(-c3sc(NCCN(C)C)nc3C)c(C#N)cn2)CC1. The Kier molecular flexibility index (Phi) is 7.72. The van der Waals surface area contributed by atoms with Gasteiger partial charge in [-0.05, 0) is 46.2 Å². The summed E-state index contributed by atoms with van der Waals surface area (Å²) < 4.78 is 2.39. The number of nitrogens with zero attached hydrogens (tertiary/aromatic N) is 5. The van der Waals surface area contributed by atoms with Gasteiger partial charge in [0.05, 0.1) is 16.1 Å². The van der Waals surface area contributed by atoms with Crippen molar-refractivity contribution < 1.29 is 0 Å². The van der Waals surface area contributed by atoms with Crippen molar-refractivity contribution in [1.29, 1.82) is 5.26 Å². The first-order chi connectivity index (χ1) is 14.0. The van der Waals surface area contributed by atoms with Gasteiger partial charge in [0.25, 0.3) is 0 Å². The molecule has 9 heteroatoms. The minimum Gasteiger partial charge on any atom is -0.367 e. The van der Waals surface area contributed by atoms with E-state index in [4.69, 9.17) is 0 Å². The van der Waals surface area contributed by atoms with Crippen LogP contribution in [0.4, 0.5) is 10.9 Å². The fourth-order valence-electron chi connectivity index (χ4n) is 3.31. The van der Waals surface area contributed by atoms with E-state index in [2.05, 4.69) is 56.2 Å². The summed E-state index contributed by atoms with van der Waals surface area (Å²) in [5.74, 6) is 0.830. The topological polar surface area (TPSA) is 80.1 Å². The van der Waals surface area contributed by atoms with Crippen molar-refractivity contribution in [3.8, 4) is 16.5 Å². The Morgan fingerprint density at radius 1 is 1.38 bits per heavy atom. The largest absolute Gasteiger partial charge is 0.367 e. The van der Waals surface area contributed by atoms with E-state index in [1.165, 1.54) is 0 Å². The van der Waals surface area contributed by atoms with Crippen molar-refractivity contribution in [2.75, 3.05) is 57.2 Å². The van der Waals surface area contributed by atoms with Gasteiger partial charge < -0.3 is 15.5 Å². The monoisotopic (exact) mass is 431 g/mol. The van der Waals surface area contributed by atoms with Crippen molar-refractivity contribution in [3.05, 3.63) is 23.5 Å². The van der Waals surface area contributed by atoms with Crippen molar-refractivity contribution in [2.45, 2.75) is 25.8 Å². The fraction of sp³-hybridized carbons (Fsp3) is 0.550. The van der Waals surface area contributed by atoms with E-state index in [9.17, 15) is 5.26 Å². The van der Waals surface area contributed by atoms with E-state index in [0.717, 1.165) is 66.1 Å². The molecule has 3 heterocycles. The summed E-state index contributed by atoms with van der Waals surface area (Å²) in [6.07, 6.45) is 5.99. The molecule has 0 atom stereocenters. The van der Waals surface area contributed by atoms with Gasteiger partial charge in [0.15, 0.2) is 5.13 Å². The number of hydrogen-bond acceptors (Lipinski definition) is 9. The number of rotatable bonds is 8. The maximum atomic E-state index is 9.59. The second kappa shape index (κ2) is 10.3. The Hall–Kier alpha value is -1.86. The lowest BCUT2D eigenvalue weighted by atomic mass is 10.1. The van der Waals surface area contributed by atoms with Crippen LogP contribution in [0.15, 0.2) is 12.3 Å². The Morgan fingerprint density at radius 3 is 2.79 bits per heavy atom. The molecule has 3 rings (SSSR count). The van der Waals surface area contributed by atoms with Crippen LogP contribution in [-0.4, -0.2) is 71.7 Å². The van der Waals surface area contributed by atoms with Crippen LogP contribution in [0.25, 0.3) is 10.4 Å². The number of aromatic nitrogens is 2. The highest BCUT2D eigenvalue weighted by Crippen LogP contribution is 2.35. The highest BCUT2D eigenvalue weighted by Gasteiger charge is 2.20. The van der Waals surface area contributed by atoms with Crippen LogP contribution in [0, 0.1) is 18.3 Å². The maximum absolute atomic E-state index is 9.59. The van der Waals surface area contributed by atoms with Crippen LogP contribution in [-0.2, 0) is 0 Å². The number of anilines is 2. The third kappa shape index (κ3) is 5.82. The van der Waals surface area contributed by atoms with Gasteiger partial charge in [-0.2, -0.15) is 5.26 Å². The third-order valence-corrected chi connectivity index (χ3v) is 6.99. The van der Waals surface area contributed by atoms with Crippen molar-refractivity contribution in [1.82, 2.24) is 19.2 Å². The van der Waals surface area contributed by atoms with E-state index in [1.807, 2.05) is 24.9 Å². The molecule has 0 aromatic carbocycles. The Morgan fingerprint density at radius 2 is 2.14 bits per heavy atom. The standard InChI is InChI=1S/C20H29N7S2/c1-14-19(29-20(24-14)22-7-10-26(2)3)17-11-18(23-13-15(17)12-21)25-16-5-8-27(28-4)9-6-16/h11,13,16H,5-10H2,1-4H3,(H,22,24)(H,23,25). The average molecular weight is 432 g/mol. The second-order valence-corrected chi connectivity index (χ2v) is 9.30. The molecule has 29 heavy (non-hydrogen) atoms. The lowest BCUT2D eigenvalue weighted by molar-refractivity contribution is 0.359. The molecule has 0 aliphatic carbocycles. The molecule has 0 spiro atoms. The van der Waals surface area contributed by atoms with Crippen LogP contribution in [0.1, 0.15) is 24.1 Å². The molecule has 0 bridgehead atoms. The Bertz CT molecular complexity index is 851. The highest BCUT2D eigenvalue weighted by molar-refractivity contribution is 7.96. The van der Waals surface area contributed by atoms with Crippen LogP contribution < -0.4 is 10.6 Å². The summed E-state index contributed by atoms with van der Waals surface area (Å²) in [6.45, 7) is 5.93. The number of nitriles is 1. The van der Waals surface area contributed by atoms with Gasteiger partial charge in [-0.3, -0.25) is 4.31 Å². The molecule has 0 amide bonds. The van der Waals surface area contributed by atoms with Gasteiger partial charge in [0, 0.05) is 44.0 Å². The van der Waals surface area contributed by atoms with Crippen molar-refractivity contribution in [3.63, 3.8) is 0 Å². The van der Waals surface area contributed by atoms with E-state index >= 15 is 0 Å². The molecule has 2 N–H and O–H groups in total. The number of hydrogen-bond donors (Lipinski definition) is 2. The van der Waals surface area contributed by atoms with Gasteiger partial charge in [-0.25, -0.2) is 9.97 Å². The minimum atomic E-state index is 0.414. The van der Waals surface area contributed by atoms with Crippen LogP contribution in [0.3, 0.4) is 0 Å². The summed E-state index contributed by atoms with van der Waals surface area (Å²) in [5.41, 5.74) is 2.42. The fourth-order valence-corrected chi connectivity index (χ4v) is 4.91. The normalized spacial score (nSPS) is 15.4.